The predicted octanol–water partition coefficient (Wildman–Crippen LogP) is 4.25. The van der Waals surface area contributed by atoms with Crippen molar-refractivity contribution >= 4 is 26.7 Å². The summed E-state index contributed by atoms with van der Waals surface area (Å²) in [7, 11) is 1.61. The van der Waals surface area contributed by atoms with Crippen LogP contribution in [0, 0.1) is 0 Å². The van der Waals surface area contributed by atoms with Crippen molar-refractivity contribution in [3.8, 4) is 5.75 Å². The first-order chi connectivity index (χ1) is 7.76. The van der Waals surface area contributed by atoms with Crippen molar-refractivity contribution in [3.05, 3.63) is 42.0 Å². The van der Waals surface area contributed by atoms with Crippen LogP contribution in [0.15, 0.2) is 36.4 Å². The lowest BCUT2D eigenvalue weighted by molar-refractivity contribution is 0.385. The highest BCUT2D eigenvalue weighted by Crippen LogP contribution is 2.30. The first kappa shape index (κ1) is 11.4. The van der Waals surface area contributed by atoms with E-state index in [1.807, 2.05) is 36.4 Å². The van der Waals surface area contributed by atoms with Crippen LogP contribution in [0.3, 0.4) is 0 Å². The van der Waals surface area contributed by atoms with E-state index in [-0.39, 0.29) is 0 Å². The number of hydrogen-bond acceptors (Lipinski definition) is 1. The van der Waals surface area contributed by atoms with E-state index in [9.17, 15) is 4.39 Å². The molecule has 0 saturated heterocycles. The third-order valence-corrected chi connectivity index (χ3v) is 3.16. The summed E-state index contributed by atoms with van der Waals surface area (Å²) in [5, 5.41) is 2.25. The van der Waals surface area contributed by atoms with Crippen LogP contribution in [0.1, 0.15) is 11.7 Å². The fourth-order valence-corrected chi connectivity index (χ4v) is 2.11. The minimum atomic E-state index is -0.990. The van der Waals surface area contributed by atoms with Gasteiger partial charge in [0.2, 0.25) is 0 Å². The molecule has 0 fully saturated rings. The van der Waals surface area contributed by atoms with E-state index in [4.69, 9.17) is 4.74 Å². The van der Waals surface area contributed by atoms with Gasteiger partial charge in [0.15, 0.2) is 0 Å². The second-order valence-corrected chi connectivity index (χ2v) is 4.20. The summed E-state index contributed by atoms with van der Waals surface area (Å²) in [6, 6.07) is 11.4. The van der Waals surface area contributed by atoms with Gasteiger partial charge in [-0.05, 0) is 28.5 Å². The summed E-state index contributed by atoms with van der Waals surface area (Å²) in [6.07, 6.45) is -0.990. The zero-order valence-corrected chi connectivity index (χ0v) is 10.5. The van der Waals surface area contributed by atoms with Crippen LogP contribution in [0.25, 0.3) is 10.8 Å². The third kappa shape index (κ3) is 2.05. The lowest BCUT2D eigenvalue weighted by Gasteiger charge is -2.10. The van der Waals surface area contributed by atoms with Crippen LogP contribution < -0.4 is 4.74 Å². The molecule has 2 rings (SSSR count). The lowest BCUT2D eigenvalue weighted by Crippen LogP contribution is -1.94. The fourth-order valence-electron chi connectivity index (χ4n) is 1.76. The summed E-state index contributed by atoms with van der Waals surface area (Å²) in [4.78, 5) is 0. The molecule has 0 saturated carbocycles. The van der Waals surface area contributed by atoms with E-state index in [0.29, 0.717) is 10.9 Å². The minimum absolute atomic E-state index is 0.309. The largest absolute Gasteiger partial charge is 0.497 e. The molecule has 0 aliphatic heterocycles. The lowest BCUT2D eigenvalue weighted by atomic mass is 10.0. The summed E-state index contributed by atoms with van der Waals surface area (Å²) < 4.78 is 18.9. The summed E-state index contributed by atoms with van der Waals surface area (Å²) >= 11 is 3.17. The maximum Gasteiger partial charge on any atom is 0.135 e. The number of rotatable bonds is 3. The molecule has 0 aliphatic rings. The quantitative estimate of drug-likeness (QED) is 0.765. The first-order valence-electron chi connectivity index (χ1n) is 5.03. The number of halogens is 2. The standard InChI is InChI=1S/C13H12BrFO/c1-16-10-6-5-9-3-2-4-11(12(9)7-10)13(15)8-14/h2-7,13H,8H2,1H3. The molecule has 0 heterocycles. The van der Waals surface area contributed by atoms with Crippen molar-refractivity contribution in [2.45, 2.75) is 6.17 Å². The van der Waals surface area contributed by atoms with Gasteiger partial charge in [0.05, 0.1) is 7.11 Å². The summed E-state index contributed by atoms with van der Waals surface area (Å²) in [5.74, 6) is 0.752. The van der Waals surface area contributed by atoms with Crippen molar-refractivity contribution in [2.75, 3.05) is 12.4 Å². The van der Waals surface area contributed by atoms with E-state index in [2.05, 4.69) is 15.9 Å². The highest BCUT2D eigenvalue weighted by atomic mass is 79.9. The van der Waals surface area contributed by atoms with E-state index >= 15 is 0 Å². The van der Waals surface area contributed by atoms with Crippen molar-refractivity contribution in [1.29, 1.82) is 0 Å². The predicted molar refractivity (Wildman–Crippen MR) is 68.1 cm³/mol. The second kappa shape index (κ2) is 4.83. The first-order valence-corrected chi connectivity index (χ1v) is 6.15. The Morgan fingerprint density at radius 2 is 2.12 bits per heavy atom. The third-order valence-electron chi connectivity index (χ3n) is 2.60. The molecule has 0 aliphatic carbocycles. The minimum Gasteiger partial charge on any atom is -0.497 e. The monoisotopic (exact) mass is 282 g/mol. The second-order valence-electron chi connectivity index (χ2n) is 3.56. The Labute approximate surface area is 102 Å². The molecular formula is C13H12BrFO. The molecule has 0 spiro atoms. The van der Waals surface area contributed by atoms with Gasteiger partial charge in [0.25, 0.3) is 0 Å². The summed E-state index contributed by atoms with van der Waals surface area (Å²) in [5.41, 5.74) is 0.702. The molecule has 1 nitrogen and oxygen atoms in total. The average Bonchev–Trinajstić information content (AvgIpc) is 2.36. The van der Waals surface area contributed by atoms with Crippen LogP contribution in [0.2, 0.25) is 0 Å². The molecule has 2 aromatic carbocycles. The Morgan fingerprint density at radius 1 is 1.31 bits per heavy atom. The fraction of sp³-hybridized carbons (Fsp3) is 0.231. The van der Waals surface area contributed by atoms with Gasteiger partial charge < -0.3 is 4.74 Å². The van der Waals surface area contributed by atoms with Gasteiger partial charge in [-0.1, -0.05) is 40.2 Å². The van der Waals surface area contributed by atoms with Gasteiger partial charge in [-0.2, -0.15) is 0 Å². The van der Waals surface area contributed by atoms with Crippen molar-refractivity contribution in [3.63, 3.8) is 0 Å². The van der Waals surface area contributed by atoms with Gasteiger partial charge in [0, 0.05) is 5.33 Å². The maximum absolute atomic E-state index is 13.7. The van der Waals surface area contributed by atoms with Crippen molar-refractivity contribution in [1.82, 2.24) is 0 Å². The molecule has 84 valence electrons. The van der Waals surface area contributed by atoms with E-state index in [0.717, 1.165) is 16.5 Å². The molecule has 16 heavy (non-hydrogen) atoms. The molecule has 0 amide bonds. The normalized spacial score (nSPS) is 12.7. The van der Waals surface area contributed by atoms with Crippen LogP contribution in [-0.4, -0.2) is 12.4 Å². The van der Waals surface area contributed by atoms with Crippen LogP contribution in [-0.2, 0) is 0 Å². The van der Waals surface area contributed by atoms with Gasteiger partial charge in [-0.25, -0.2) is 4.39 Å². The molecular weight excluding hydrogens is 271 g/mol. The number of hydrogen-bond donors (Lipinski definition) is 0. The maximum atomic E-state index is 13.7. The Bertz CT molecular complexity index is 498. The highest BCUT2D eigenvalue weighted by Gasteiger charge is 2.11. The van der Waals surface area contributed by atoms with Gasteiger partial charge in [-0.15, -0.1) is 0 Å². The number of methoxy groups -OCH3 is 1. The molecule has 2 aromatic rings. The molecule has 1 atom stereocenters. The molecule has 1 unspecified atom stereocenters. The molecule has 0 aromatic heterocycles. The molecule has 3 heteroatoms. The highest BCUT2D eigenvalue weighted by molar-refractivity contribution is 9.09. The SMILES string of the molecule is COc1ccc2cccc(C(F)CBr)c2c1. The van der Waals surface area contributed by atoms with Crippen molar-refractivity contribution < 1.29 is 9.13 Å². The summed E-state index contributed by atoms with van der Waals surface area (Å²) in [6.45, 7) is 0. The van der Waals surface area contributed by atoms with Crippen molar-refractivity contribution in [2.24, 2.45) is 0 Å². The van der Waals surface area contributed by atoms with Gasteiger partial charge in [-0.3, -0.25) is 0 Å². The van der Waals surface area contributed by atoms with Crippen LogP contribution in [0.4, 0.5) is 4.39 Å². The molecule has 0 bridgehead atoms. The zero-order valence-electron chi connectivity index (χ0n) is 8.91. The van der Waals surface area contributed by atoms with Gasteiger partial charge >= 0.3 is 0 Å². The molecule has 0 radical (unpaired) electrons. The van der Waals surface area contributed by atoms with Gasteiger partial charge in [0.1, 0.15) is 11.9 Å². The Morgan fingerprint density at radius 3 is 2.81 bits per heavy atom. The Kier molecular flexibility index (Phi) is 3.44. The topological polar surface area (TPSA) is 9.23 Å². The van der Waals surface area contributed by atoms with Crippen LogP contribution >= 0.6 is 15.9 Å². The van der Waals surface area contributed by atoms with E-state index in [1.54, 1.807) is 7.11 Å². The number of alkyl halides is 2. The number of ether oxygens (including phenoxy) is 1. The zero-order chi connectivity index (χ0) is 11.5. The Hall–Kier alpha value is -1.09. The number of fused-ring (bicyclic) bond motifs is 1. The van der Waals surface area contributed by atoms with E-state index < -0.39 is 6.17 Å². The van der Waals surface area contributed by atoms with Crippen LogP contribution in [0.5, 0.6) is 5.75 Å². The number of benzene rings is 2. The Balaban J connectivity index is 2.64. The average molecular weight is 283 g/mol. The van der Waals surface area contributed by atoms with E-state index in [1.165, 1.54) is 0 Å². The molecule has 0 N–H and O–H groups in total. The smallest absolute Gasteiger partial charge is 0.135 e.